The van der Waals surface area contributed by atoms with E-state index in [1.54, 1.807) is 0 Å². The third-order valence-corrected chi connectivity index (χ3v) is 15.5. The first kappa shape index (κ1) is 21.2. The molecular weight excluding hydrogens is 349 g/mol. The SMILES string of the molecule is C[Si](C)(C)O[Si]CC[Si](C)(C)O[Si]CC[Si](C)(C)O[Si]. The Morgan fingerprint density at radius 3 is 1.65 bits per heavy atom. The Kier molecular flexibility index (Phi) is 9.90. The maximum Gasteiger partial charge on any atom is 0.230 e. The molecule has 0 aliphatic carbocycles. The minimum absolute atomic E-state index is 0.627. The predicted molar refractivity (Wildman–Crippen MR) is 98.1 cm³/mol. The van der Waals surface area contributed by atoms with E-state index in [9.17, 15) is 0 Å². The lowest BCUT2D eigenvalue weighted by molar-refractivity contribution is 0.572. The van der Waals surface area contributed by atoms with Crippen LogP contribution in [0.25, 0.3) is 0 Å². The van der Waals surface area contributed by atoms with E-state index >= 15 is 0 Å². The molecule has 0 aromatic heterocycles. The molecule has 0 saturated heterocycles. The molecule has 0 amide bonds. The topological polar surface area (TPSA) is 27.7 Å². The van der Waals surface area contributed by atoms with Gasteiger partial charge in [-0.15, -0.1) is 0 Å². The highest BCUT2D eigenvalue weighted by atomic mass is 28.4. The van der Waals surface area contributed by atoms with Crippen molar-refractivity contribution in [1.29, 1.82) is 0 Å². The number of hydrogen-bond donors (Lipinski definition) is 0. The molecule has 0 fully saturated rings. The van der Waals surface area contributed by atoms with Gasteiger partial charge in [0, 0.05) is 0 Å². The highest BCUT2D eigenvalue weighted by Gasteiger charge is 2.24. The molecule has 7 radical (unpaired) electrons. The van der Waals surface area contributed by atoms with Crippen molar-refractivity contribution in [2.24, 2.45) is 0 Å². The van der Waals surface area contributed by atoms with Crippen LogP contribution in [0, 0.1) is 0 Å². The highest BCUT2D eigenvalue weighted by molar-refractivity contribution is 6.77. The second-order valence-electron chi connectivity index (χ2n) is 7.23. The van der Waals surface area contributed by atoms with Crippen LogP contribution in [0.2, 0.25) is 70.0 Å². The number of hydrogen-bond acceptors (Lipinski definition) is 3. The van der Waals surface area contributed by atoms with Crippen molar-refractivity contribution in [3.05, 3.63) is 0 Å². The van der Waals surface area contributed by atoms with Crippen molar-refractivity contribution < 1.29 is 12.3 Å². The molecule has 0 unspecified atom stereocenters. The van der Waals surface area contributed by atoms with Crippen LogP contribution in [-0.2, 0) is 12.3 Å². The molecule has 3 nitrogen and oxygen atoms in total. The van der Waals surface area contributed by atoms with E-state index in [1.165, 1.54) is 12.1 Å². The average molecular weight is 378 g/mol. The van der Waals surface area contributed by atoms with Gasteiger partial charge in [-0.3, -0.25) is 0 Å². The van der Waals surface area contributed by atoms with Crippen LogP contribution in [0.1, 0.15) is 0 Å². The van der Waals surface area contributed by atoms with E-state index in [0.29, 0.717) is 19.5 Å². The smallest absolute Gasteiger partial charge is 0.230 e. The van der Waals surface area contributed by atoms with Crippen LogP contribution < -0.4 is 0 Å². The van der Waals surface area contributed by atoms with Crippen molar-refractivity contribution in [2.75, 3.05) is 0 Å². The van der Waals surface area contributed by atoms with Crippen LogP contribution in [-0.4, -0.2) is 55.0 Å². The van der Waals surface area contributed by atoms with E-state index in [1.807, 2.05) is 0 Å². The number of rotatable bonds is 11. The van der Waals surface area contributed by atoms with Crippen LogP contribution >= 0.6 is 0 Å². The summed E-state index contributed by atoms with van der Waals surface area (Å²) in [5.41, 5.74) is 0. The Morgan fingerprint density at radius 1 is 0.750 bits per heavy atom. The summed E-state index contributed by atoms with van der Waals surface area (Å²) in [7, 11) is 0.164. The van der Waals surface area contributed by atoms with Crippen molar-refractivity contribution >= 4 is 55.0 Å². The summed E-state index contributed by atoms with van der Waals surface area (Å²) in [5.74, 6) is 0. The molecule has 0 N–H and O–H groups in total. The van der Waals surface area contributed by atoms with Gasteiger partial charge in [0.25, 0.3) is 0 Å². The fraction of sp³-hybridized carbons (Fsp3) is 1.00. The summed E-state index contributed by atoms with van der Waals surface area (Å²) in [6.07, 6.45) is 0. The molecule has 0 heterocycles. The van der Waals surface area contributed by atoms with E-state index in [0.717, 1.165) is 12.1 Å². The van der Waals surface area contributed by atoms with Crippen molar-refractivity contribution in [3.8, 4) is 0 Å². The van der Waals surface area contributed by atoms with E-state index < -0.39 is 25.0 Å². The standard InChI is InChI=1S/C11H29O3Si6/c1-18(2,3)13-16-9-11-20(6,7)14-17-8-10-19(4,5)12-15/h8-11H2,1-7H3. The Balaban J connectivity index is 3.74. The first-order chi connectivity index (χ1) is 8.97. The van der Waals surface area contributed by atoms with Gasteiger partial charge in [-0.2, -0.15) is 0 Å². The fourth-order valence-corrected chi connectivity index (χ4v) is 11.9. The Bertz CT molecular complexity index is 267. The van der Waals surface area contributed by atoms with Gasteiger partial charge in [-0.25, -0.2) is 0 Å². The van der Waals surface area contributed by atoms with Gasteiger partial charge >= 0.3 is 0 Å². The van der Waals surface area contributed by atoms with Crippen LogP contribution in [0.4, 0.5) is 0 Å². The lowest BCUT2D eigenvalue weighted by atomic mass is 10.9. The molecule has 0 aromatic carbocycles. The van der Waals surface area contributed by atoms with Crippen molar-refractivity contribution in [3.63, 3.8) is 0 Å². The zero-order valence-electron chi connectivity index (χ0n) is 14.1. The molecule has 0 spiro atoms. The zero-order chi connectivity index (χ0) is 15.9. The summed E-state index contributed by atoms with van der Waals surface area (Å²) < 4.78 is 17.5. The average Bonchev–Trinajstić information content (AvgIpc) is 2.30. The van der Waals surface area contributed by atoms with Crippen molar-refractivity contribution in [1.82, 2.24) is 0 Å². The fourth-order valence-electron chi connectivity index (χ4n) is 1.32. The molecular formula is C11H29O3Si6. The van der Waals surface area contributed by atoms with Gasteiger partial charge in [0.05, 0.1) is 0 Å². The lowest BCUT2D eigenvalue weighted by Gasteiger charge is -2.25. The third-order valence-electron chi connectivity index (χ3n) is 2.66. The molecule has 0 bridgehead atoms. The quantitative estimate of drug-likeness (QED) is 0.408. The summed E-state index contributed by atoms with van der Waals surface area (Å²) in [6.45, 7) is 15.8. The van der Waals surface area contributed by atoms with Gasteiger partial charge in [0.1, 0.15) is 0 Å². The Morgan fingerprint density at radius 2 is 1.20 bits per heavy atom. The molecule has 0 aliphatic rings. The molecule has 115 valence electrons. The second kappa shape index (κ2) is 9.35. The van der Waals surface area contributed by atoms with Crippen LogP contribution in [0.3, 0.4) is 0 Å². The lowest BCUT2D eigenvalue weighted by Crippen LogP contribution is -2.35. The Hall–Kier alpha value is 1.18. The van der Waals surface area contributed by atoms with Crippen LogP contribution in [0.5, 0.6) is 0 Å². The zero-order valence-corrected chi connectivity index (χ0v) is 20.1. The second-order valence-corrected chi connectivity index (χ2v) is 23.5. The largest absolute Gasteiger partial charge is 0.457 e. The van der Waals surface area contributed by atoms with Gasteiger partial charge < -0.3 is 12.3 Å². The predicted octanol–water partition coefficient (Wildman–Crippen LogP) is 3.44. The molecule has 20 heavy (non-hydrogen) atoms. The molecule has 0 saturated carbocycles. The summed E-state index contributed by atoms with van der Waals surface area (Å²) in [4.78, 5) is 0. The van der Waals surface area contributed by atoms with E-state index in [2.05, 4.69) is 56.3 Å². The summed E-state index contributed by atoms with van der Waals surface area (Å²) in [5, 5.41) is 0. The van der Waals surface area contributed by atoms with E-state index in [-0.39, 0.29) is 0 Å². The van der Waals surface area contributed by atoms with Gasteiger partial charge in [-0.05, 0) is 70.0 Å². The maximum absolute atomic E-state index is 6.18. The minimum atomic E-state index is -1.49. The molecule has 0 atom stereocenters. The van der Waals surface area contributed by atoms with Crippen molar-refractivity contribution in [2.45, 2.75) is 70.0 Å². The molecule has 9 heteroatoms. The highest BCUT2D eigenvalue weighted by Crippen LogP contribution is 2.17. The van der Waals surface area contributed by atoms with Gasteiger partial charge in [0.2, 0.25) is 30.0 Å². The van der Waals surface area contributed by atoms with Gasteiger partial charge in [0.15, 0.2) is 25.0 Å². The van der Waals surface area contributed by atoms with Gasteiger partial charge in [-0.1, -0.05) is 0 Å². The van der Waals surface area contributed by atoms with Crippen LogP contribution in [0.15, 0.2) is 0 Å². The first-order valence-electron chi connectivity index (χ1n) is 7.14. The third kappa shape index (κ3) is 12.9. The summed E-state index contributed by atoms with van der Waals surface area (Å²) in [6, 6.07) is 4.66. The minimum Gasteiger partial charge on any atom is -0.457 e. The molecule has 0 aromatic rings. The first-order valence-corrected chi connectivity index (χ1v) is 19.4. The van der Waals surface area contributed by atoms with E-state index in [4.69, 9.17) is 12.3 Å². The maximum atomic E-state index is 6.18. The molecule has 0 rings (SSSR count). The monoisotopic (exact) mass is 377 g/mol. The molecule has 0 aliphatic heterocycles. The Labute approximate surface area is 137 Å². The summed E-state index contributed by atoms with van der Waals surface area (Å²) >= 11 is 0. The normalized spacial score (nSPS) is 13.8.